The van der Waals surface area contributed by atoms with Crippen molar-refractivity contribution < 1.29 is 24.5 Å². The lowest BCUT2D eigenvalue weighted by Crippen LogP contribution is -2.45. The minimum atomic E-state index is -0.665. The summed E-state index contributed by atoms with van der Waals surface area (Å²) in [5, 5.41) is 23.2. The summed E-state index contributed by atoms with van der Waals surface area (Å²) in [6.45, 7) is 4.96. The predicted octanol–water partition coefficient (Wildman–Crippen LogP) is 19.0. The molecule has 0 aliphatic rings. The van der Waals surface area contributed by atoms with E-state index in [9.17, 15) is 19.8 Å². The molecule has 0 rings (SSSR count). The van der Waals surface area contributed by atoms with Gasteiger partial charge in [0.1, 0.15) is 0 Å². The first-order valence-electron chi connectivity index (χ1n) is 30.6. The Kier molecular flexibility index (Phi) is 56.5. The number of aliphatic hydroxyl groups excluding tert-OH is 2. The molecule has 6 heteroatoms. The van der Waals surface area contributed by atoms with E-state index in [1.807, 2.05) is 0 Å². The van der Waals surface area contributed by atoms with E-state index < -0.39 is 12.1 Å². The Bertz CT molecular complexity index is 1060. The standard InChI is InChI=1S/C62H119NO5/c1-3-5-7-9-11-13-15-31-35-38-42-46-50-54-60(65)59(58-64)63-61(66)55-51-47-43-39-36-32-29-27-25-23-21-19-17-16-18-20-22-24-26-28-30-33-37-41-45-49-53-57-68-62(67)56-52-48-44-40-34-14-12-10-8-6-4-2/h16-17,20,22,59-60,64-65H,3-15,18-19,21,23-58H2,1-2H3,(H,63,66)/b17-16-,22-20-. The third kappa shape index (κ3) is 53.7. The molecule has 0 aliphatic heterocycles. The molecule has 0 aromatic carbocycles. The van der Waals surface area contributed by atoms with Gasteiger partial charge in [0.25, 0.3) is 0 Å². The van der Waals surface area contributed by atoms with Crippen LogP contribution in [0.5, 0.6) is 0 Å². The number of amides is 1. The number of carbonyl (C=O) groups is 2. The van der Waals surface area contributed by atoms with Crippen LogP contribution >= 0.6 is 0 Å². The zero-order valence-electron chi connectivity index (χ0n) is 45.9. The van der Waals surface area contributed by atoms with E-state index in [4.69, 9.17) is 4.74 Å². The average Bonchev–Trinajstić information content (AvgIpc) is 3.34. The van der Waals surface area contributed by atoms with Gasteiger partial charge in [0.15, 0.2) is 0 Å². The molecule has 0 fully saturated rings. The molecule has 2 unspecified atom stereocenters. The number of rotatable bonds is 57. The van der Waals surface area contributed by atoms with E-state index in [1.54, 1.807) is 0 Å². The summed E-state index contributed by atoms with van der Waals surface area (Å²) in [5.74, 6) is -0.0266. The Morgan fingerprint density at radius 1 is 0.412 bits per heavy atom. The summed E-state index contributed by atoms with van der Waals surface area (Å²) < 4.78 is 5.46. The molecule has 0 aromatic rings. The fourth-order valence-electron chi connectivity index (χ4n) is 9.55. The molecule has 0 aliphatic carbocycles. The molecule has 0 saturated carbocycles. The highest BCUT2D eigenvalue weighted by Gasteiger charge is 2.20. The predicted molar refractivity (Wildman–Crippen MR) is 296 cm³/mol. The Balaban J connectivity index is 3.41. The van der Waals surface area contributed by atoms with Crippen molar-refractivity contribution in [2.45, 2.75) is 347 Å². The number of nitrogens with one attached hydrogen (secondary N) is 1. The molecule has 1 amide bonds. The first-order valence-corrected chi connectivity index (χ1v) is 30.6. The molecular formula is C62H119NO5. The van der Waals surface area contributed by atoms with Gasteiger partial charge in [0.05, 0.1) is 25.4 Å². The first-order chi connectivity index (χ1) is 33.5. The first kappa shape index (κ1) is 66.3. The van der Waals surface area contributed by atoms with Crippen molar-refractivity contribution in [1.82, 2.24) is 5.32 Å². The minimum Gasteiger partial charge on any atom is -0.466 e. The molecule has 0 saturated heterocycles. The van der Waals surface area contributed by atoms with Gasteiger partial charge in [-0.1, -0.05) is 289 Å². The zero-order chi connectivity index (χ0) is 49.3. The Morgan fingerprint density at radius 3 is 1.12 bits per heavy atom. The highest BCUT2D eigenvalue weighted by atomic mass is 16.5. The topological polar surface area (TPSA) is 95.9 Å². The number of allylic oxidation sites excluding steroid dienone is 4. The van der Waals surface area contributed by atoms with Crippen LogP contribution in [0.25, 0.3) is 0 Å². The van der Waals surface area contributed by atoms with Crippen LogP contribution < -0.4 is 5.32 Å². The van der Waals surface area contributed by atoms with Crippen molar-refractivity contribution in [1.29, 1.82) is 0 Å². The summed E-state index contributed by atoms with van der Waals surface area (Å²) >= 11 is 0. The molecule has 0 radical (unpaired) electrons. The lowest BCUT2D eigenvalue weighted by Gasteiger charge is -2.22. The maximum Gasteiger partial charge on any atom is 0.305 e. The fourth-order valence-corrected chi connectivity index (χ4v) is 9.55. The van der Waals surface area contributed by atoms with Crippen LogP contribution in [-0.2, 0) is 14.3 Å². The van der Waals surface area contributed by atoms with E-state index in [1.165, 1.54) is 257 Å². The summed E-state index contributed by atoms with van der Waals surface area (Å²) in [4.78, 5) is 24.5. The summed E-state index contributed by atoms with van der Waals surface area (Å²) in [7, 11) is 0. The van der Waals surface area contributed by atoms with Gasteiger partial charge in [0.2, 0.25) is 5.91 Å². The Hall–Kier alpha value is -1.66. The fraction of sp³-hybridized carbons (Fsp3) is 0.903. The van der Waals surface area contributed by atoms with Gasteiger partial charge >= 0.3 is 5.97 Å². The minimum absolute atomic E-state index is 0.0105. The second-order valence-corrected chi connectivity index (χ2v) is 21.0. The van der Waals surface area contributed by atoms with E-state index in [0.717, 1.165) is 44.9 Å². The SMILES string of the molecule is CCCCCCCCCCCCCCCC(O)C(CO)NC(=O)CCCCCCCCCCCCC/C=C\C/C=C\CCCCCCCCCCCOC(=O)CCCCCCCCCCCCC. The maximum atomic E-state index is 12.5. The van der Waals surface area contributed by atoms with Crippen molar-refractivity contribution in [2.75, 3.05) is 13.2 Å². The molecule has 0 bridgehead atoms. The van der Waals surface area contributed by atoms with Crippen LogP contribution in [0.1, 0.15) is 335 Å². The van der Waals surface area contributed by atoms with Gasteiger partial charge in [-0.15, -0.1) is 0 Å². The molecule has 402 valence electrons. The van der Waals surface area contributed by atoms with Gasteiger partial charge in [0, 0.05) is 12.8 Å². The highest BCUT2D eigenvalue weighted by molar-refractivity contribution is 5.76. The average molecular weight is 959 g/mol. The summed E-state index contributed by atoms with van der Waals surface area (Å²) in [5.41, 5.74) is 0. The van der Waals surface area contributed by atoms with Gasteiger partial charge in [-0.05, 0) is 57.8 Å². The lowest BCUT2D eigenvalue weighted by molar-refractivity contribution is -0.143. The quantitative estimate of drug-likeness (QED) is 0.0321. The molecule has 3 N–H and O–H groups in total. The van der Waals surface area contributed by atoms with Gasteiger partial charge in [-0.3, -0.25) is 9.59 Å². The normalized spacial score (nSPS) is 12.7. The van der Waals surface area contributed by atoms with Crippen molar-refractivity contribution >= 4 is 11.9 Å². The van der Waals surface area contributed by atoms with E-state index in [2.05, 4.69) is 43.5 Å². The third-order valence-electron chi connectivity index (χ3n) is 14.3. The number of hydrogen-bond donors (Lipinski definition) is 3. The van der Waals surface area contributed by atoms with Gasteiger partial charge in [-0.2, -0.15) is 0 Å². The van der Waals surface area contributed by atoms with Crippen molar-refractivity contribution in [3.63, 3.8) is 0 Å². The zero-order valence-corrected chi connectivity index (χ0v) is 45.9. The number of unbranched alkanes of at least 4 members (excludes halogenated alkanes) is 42. The summed E-state index contributed by atoms with van der Waals surface area (Å²) in [6, 6.07) is -0.543. The van der Waals surface area contributed by atoms with Crippen molar-refractivity contribution in [2.24, 2.45) is 0 Å². The lowest BCUT2D eigenvalue weighted by atomic mass is 10.0. The largest absolute Gasteiger partial charge is 0.466 e. The van der Waals surface area contributed by atoms with Crippen LogP contribution in [0.15, 0.2) is 24.3 Å². The smallest absolute Gasteiger partial charge is 0.305 e. The van der Waals surface area contributed by atoms with Crippen LogP contribution in [0, 0.1) is 0 Å². The molecule has 68 heavy (non-hydrogen) atoms. The Labute approximate surface area is 424 Å². The number of aliphatic hydroxyl groups is 2. The molecule has 0 spiro atoms. The van der Waals surface area contributed by atoms with Crippen LogP contribution in [0.4, 0.5) is 0 Å². The van der Waals surface area contributed by atoms with E-state index in [0.29, 0.717) is 25.9 Å². The van der Waals surface area contributed by atoms with Crippen LogP contribution in [-0.4, -0.2) is 47.4 Å². The molecule has 0 aromatic heterocycles. The maximum absolute atomic E-state index is 12.5. The number of hydrogen-bond acceptors (Lipinski definition) is 5. The number of ether oxygens (including phenoxy) is 1. The van der Waals surface area contributed by atoms with Crippen molar-refractivity contribution in [3.8, 4) is 0 Å². The molecular weight excluding hydrogens is 839 g/mol. The van der Waals surface area contributed by atoms with Gasteiger partial charge < -0.3 is 20.3 Å². The second-order valence-electron chi connectivity index (χ2n) is 21.0. The number of carbonyl (C=O) groups excluding carboxylic acids is 2. The molecule has 6 nitrogen and oxygen atoms in total. The second kappa shape index (κ2) is 57.9. The van der Waals surface area contributed by atoms with Gasteiger partial charge in [-0.25, -0.2) is 0 Å². The number of esters is 1. The molecule has 0 heterocycles. The third-order valence-corrected chi connectivity index (χ3v) is 14.3. The highest BCUT2D eigenvalue weighted by Crippen LogP contribution is 2.17. The molecule has 2 atom stereocenters. The van der Waals surface area contributed by atoms with Crippen LogP contribution in [0.3, 0.4) is 0 Å². The van der Waals surface area contributed by atoms with Crippen LogP contribution in [0.2, 0.25) is 0 Å². The van der Waals surface area contributed by atoms with E-state index >= 15 is 0 Å². The Morgan fingerprint density at radius 2 is 0.735 bits per heavy atom. The van der Waals surface area contributed by atoms with Crippen molar-refractivity contribution in [3.05, 3.63) is 24.3 Å². The summed E-state index contributed by atoms with van der Waals surface area (Å²) in [6.07, 6.45) is 70.5. The van der Waals surface area contributed by atoms with E-state index in [-0.39, 0.29) is 18.5 Å². The monoisotopic (exact) mass is 958 g/mol.